The van der Waals surface area contributed by atoms with Gasteiger partial charge in [-0.05, 0) is 91.9 Å². The maximum absolute atomic E-state index is 12.8. The van der Waals surface area contributed by atoms with E-state index in [9.17, 15) is 17.7 Å². The number of nitrogens with two attached hydrogens (primary N) is 2. The summed E-state index contributed by atoms with van der Waals surface area (Å²) < 4.78 is 54.8. The second kappa shape index (κ2) is 14.6. The number of aryl methyl sites for hydroxylation is 1. The smallest absolute Gasteiger partial charge is 0.324 e. The first kappa shape index (κ1) is 35.4. The molecule has 15 heteroatoms. The molecule has 6 N–H and O–H groups in total. The fraction of sp³-hybridized carbons (Fsp3) is 0.600. The topological polar surface area (TPSA) is 161 Å². The third kappa shape index (κ3) is 10.5. The van der Waals surface area contributed by atoms with Crippen molar-refractivity contribution in [1.29, 1.82) is 0 Å². The minimum absolute atomic E-state index is 0.202. The van der Waals surface area contributed by atoms with Gasteiger partial charge in [0.2, 0.25) is 11.8 Å². The number of sulfonamides is 1. The molecule has 248 valence electrons. The predicted molar refractivity (Wildman–Crippen MR) is 178 cm³/mol. The van der Waals surface area contributed by atoms with Crippen LogP contribution in [0.4, 0.5) is 5.69 Å². The molecule has 0 spiro atoms. The number of furan rings is 1. The van der Waals surface area contributed by atoms with Crippen LogP contribution in [0.1, 0.15) is 71.7 Å². The van der Waals surface area contributed by atoms with Gasteiger partial charge in [-0.1, -0.05) is 5.92 Å². The van der Waals surface area contributed by atoms with Crippen molar-refractivity contribution in [1.82, 2.24) is 14.5 Å². The second-order valence-electron chi connectivity index (χ2n) is 13.6. The second-order valence-corrected chi connectivity index (χ2v) is 17.2. The Kier molecular flexibility index (Phi) is 11.5. The van der Waals surface area contributed by atoms with Crippen molar-refractivity contribution in [2.45, 2.75) is 76.6 Å². The number of quaternary nitrogens is 2. The van der Waals surface area contributed by atoms with Gasteiger partial charge in [-0.3, -0.25) is 10.6 Å². The summed E-state index contributed by atoms with van der Waals surface area (Å²) in [6, 6.07) is 1.53. The van der Waals surface area contributed by atoms with E-state index in [0.29, 0.717) is 11.6 Å². The quantitative estimate of drug-likeness (QED) is 0.219. The number of nitrogens with one attached hydrogen (secondary N) is 1. The Morgan fingerprint density at radius 1 is 1.13 bits per heavy atom. The lowest BCUT2D eigenvalue weighted by atomic mass is 9.97. The molecular weight excluding hydrogens is 635 g/mol. The Bertz CT molecular complexity index is 1600. The van der Waals surface area contributed by atoms with Crippen molar-refractivity contribution in [3.8, 4) is 17.6 Å². The van der Waals surface area contributed by atoms with Crippen molar-refractivity contribution in [3.63, 3.8) is 0 Å². The highest BCUT2D eigenvalue weighted by atomic mass is 32.2. The molecule has 2 aliphatic heterocycles. The number of nitrogens with zero attached hydrogens (tertiary/aromatic N) is 4. The minimum Gasteiger partial charge on any atom is -0.501 e. The zero-order chi connectivity index (χ0) is 33.0. The van der Waals surface area contributed by atoms with Gasteiger partial charge in [0.05, 0.1) is 11.6 Å². The van der Waals surface area contributed by atoms with Crippen molar-refractivity contribution in [2.24, 2.45) is 14.2 Å². The molecule has 0 radical (unpaired) electrons. The van der Waals surface area contributed by atoms with Gasteiger partial charge in [-0.2, -0.15) is 0 Å². The largest absolute Gasteiger partial charge is 0.501 e. The normalized spacial score (nSPS) is 19.2. The van der Waals surface area contributed by atoms with Gasteiger partial charge in [0, 0.05) is 37.1 Å². The van der Waals surface area contributed by atoms with Crippen molar-refractivity contribution < 1.29 is 32.8 Å². The number of rotatable bonds is 10. The molecular formula is C30H47N7O5S3+2. The summed E-state index contributed by atoms with van der Waals surface area (Å²) in [7, 11) is -1.78. The Balaban J connectivity index is 1.45. The van der Waals surface area contributed by atoms with Gasteiger partial charge in [-0.15, -0.1) is 20.1 Å². The highest BCUT2D eigenvalue weighted by Gasteiger charge is 2.35. The molecule has 1 fully saturated rings. The van der Waals surface area contributed by atoms with E-state index in [2.05, 4.69) is 42.2 Å². The van der Waals surface area contributed by atoms with Crippen LogP contribution in [-0.4, -0.2) is 84.5 Å². The number of amidine groups is 2. The van der Waals surface area contributed by atoms with Crippen LogP contribution in [0, 0.1) is 17.3 Å². The zero-order valence-electron chi connectivity index (χ0n) is 27.2. The number of unbranched alkanes of at least 4 members (excludes halogenated alkanes) is 1. The number of hydrogen-bond acceptors (Lipinski definition) is 8. The van der Waals surface area contributed by atoms with E-state index >= 15 is 0 Å². The maximum atomic E-state index is 12.8. The van der Waals surface area contributed by atoms with Gasteiger partial charge in [0.15, 0.2) is 15.7 Å². The van der Waals surface area contributed by atoms with Crippen molar-refractivity contribution in [3.05, 3.63) is 29.0 Å². The molecule has 0 saturated carbocycles. The van der Waals surface area contributed by atoms with Gasteiger partial charge in [0.1, 0.15) is 0 Å². The molecule has 12 nitrogen and oxygen atoms in total. The van der Waals surface area contributed by atoms with Crippen molar-refractivity contribution in [2.75, 3.05) is 39.8 Å². The van der Waals surface area contributed by atoms with E-state index in [1.165, 1.54) is 10.7 Å². The molecule has 1 saturated heterocycles. The van der Waals surface area contributed by atoms with Gasteiger partial charge < -0.3 is 19.3 Å². The third-order valence-electron chi connectivity index (χ3n) is 7.05. The summed E-state index contributed by atoms with van der Waals surface area (Å²) >= 11 is -0.971. The molecule has 4 heterocycles. The van der Waals surface area contributed by atoms with Gasteiger partial charge in [-0.25, -0.2) is 17.3 Å². The fourth-order valence-corrected chi connectivity index (χ4v) is 8.17. The third-order valence-corrected chi connectivity index (χ3v) is 11.0. The Morgan fingerprint density at radius 2 is 1.82 bits per heavy atom. The fourth-order valence-electron chi connectivity index (χ4n) is 4.81. The number of piperazine rings is 1. The number of aromatic hydroxyl groups is 1. The first-order chi connectivity index (χ1) is 21.0. The predicted octanol–water partition coefficient (Wildman–Crippen LogP) is 1.63. The van der Waals surface area contributed by atoms with Gasteiger partial charge >= 0.3 is 11.7 Å². The molecule has 0 aromatic carbocycles. The lowest BCUT2D eigenvalue weighted by Gasteiger charge is -2.32. The van der Waals surface area contributed by atoms with Crippen LogP contribution in [0.5, 0.6) is 5.75 Å². The number of likely N-dealkylation sites (N-methyl/N-ethyl adjacent to an activating group) is 1. The number of hydrogen-bond donors (Lipinski definition) is 4. The molecule has 0 bridgehead atoms. The van der Waals surface area contributed by atoms with Crippen LogP contribution >= 0.6 is 11.3 Å². The average molecular weight is 682 g/mol. The molecule has 2 aliphatic rings. The van der Waals surface area contributed by atoms with Crippen LogP contribution in [0.2, 0.25) is 0 Å². The Hall–Kier alpha value is -2.42. The lowest BCUT2D eigenvalue weighted by molar-refractivity contribution is -0.577. The highest BCUT2D eigenvalue weighted by Crippen LogP contribution is 2.35. The summed E-state index contributed by atoms with van der Waals surface area (Å²) in [5, 5.41) is 15.6. The van der Waals surface area contributed by atoms with Crippen LogP contribution in [0.15, 0.2) is 35.1 Å². The molecule has 2 aromatic rings. The SMILES string of the molecule is CN1CCN(CCCCc2coc(C(C#CC(C)(C)C)[NH2+]C3=NS(=O)N=C3[NH2+]c3csc(S(=O)(=O)NC(C)(C)C)c3O)c2)CC1. The van der Waals surface area contributed by atoms with Crippen LogP contribution in [0.25, 0.3) is 0 Å². The summed E-state index contributed by atoms with van der Waals surface area (Å²) in [5.74, 6) is 7.41. The molecule has 2 atom stereocenters. The van der Waals surface area contributed by atoms with Gasteiger partial charge in [0.25, 0.3) is 21.2 Å². The first-order valence-electron chi connectivity index (χ1n) is 15.1. The monoisotopic (exact) mass is 681 g/mol. The zero-order valence-corrected chi connectivity index (χ0v) is 29.7. The molecule has 2 unspecified atom stereocenters. The summed E-state index contributed by atoms with van der Waals surface area (Å²) in [6.07, 6.45) is 4.84. The van der Waals surface area contributed by atoms with Crippen LogP contribution in [-0.2, 0) is 27.6 Å². The first-order valence-corrected chi connectivity index (χ1v) is 18.6. The van der Waals surface area contributed by atoms with E-state index in [0.717, 1.165) is 68.9 Å². The molecule has 0 aliphatic carbocycles. The maximum Gasteiger partial charge on any atom is 0.324 e. The molecule has 45 heavy (non-hydrogen) atoms. The lowest BCUT2D eigenvalue weighted by Crippen LogP contribution is -2.98. The van der Waals surface area contributed by atoms with E-state index in [-0.39, 0.29) is 21.1 Å². The van der Waals surface area contributed by atoms with Crippen LogP contribution in [0.3, 0.4) is 0 Å². The summed E-state index contributed by atoms with van der Waals surface area (Å²) in [4.78, 5) is 4.89. The average Bonchev–Trinajstić information content (AvgIpc) is 3.63. The van der Waals surface area contributed by atoms with E-state index in [1.54, 1.807) is 32.4 Å². The molecule has 0 amide bonds. The summed E-state index contributed by atoms with van der Waals surface area (Å²) in [5.41, 5.74) is 0.346. The Labute approximate surface area is 273 Å². The van der Waals surface area contributed by atoms with Crippen LogP contribution < -0.4 is 15.4 Å². The summed E-state index contributed by atoms with van der Waals surface area (Å²) in [6.45, 7) is 16.8. The van der Waals surface area contributed by atoms with E-state index in [1.807, 2.05) is 26.8 Å². The number of thiophene rings is 1. The van der Waals surface area contributed by atoms with E-state index < -0.39 is 38.5 Å². The van der Waals surface area contributed by atoms with E-state index in [4.69, 9.17) is 4.42 Å². The highest BCUT2D eigenvalue weighted by molar-refractivity contribution is 7.91. The standard InChI is InChI=1S/C30H45N7O5S3/c1-29(2,3)12-11-22(24-18-21(19-42-24)10-8-9-13-37-16-14-36(7)15-17-37)31-26-27(34-44(39)33-26)32-23-20-43-28(25(23)38)45(40,41)35-30(4,5)6/h18-20,22,35,38H,8-10,13-17H2,1-7H3,(H,31,33)(H,32,34)/p+2. The Morgan fingerprint density at radius 3 is 2.49 bits per heavy atom. The van der Waals surface area contributed by atoms with Crippen molar-refractivity contribution >= 4 is 49.9 Å². The molecule has 2 aromatic heterocycles. The molecule has 4 rings (SSSR count). The minimum atomic E-state index is -3.95.